The lowest BCUT2D eigenvalue weighted by molar-refractivity contribution is -0.137. The van der Waals surface area contributed by atoms with E-state index in [1.165, 1.54) is 6.92 Å². The Hall–Kier alpha value is -1.04. The number of esters is 1. The van der Waals surface area contributed by atoms with Crippen molar-refractivity contribution < 1.29 is 22.7 Å². The molecule has 0 aromatic carbocycles. The monoisotopic (exact) mass is 224 g/mol. The molecular weight excluding hydrogens is 217 g/mol. The highest BCUT2D eigenvalue weighted by Gasteiger charge is 2.35. The molecule has 0 aliphatic carbocycles. The van der Waals surface area contributed by atoms with Gasteiger partial charge in [-0.1, -0.05) is 0 Å². The standard InChI is InChI=1S/C8H7F3O2S/c1-4-5(8(9,10)11)3-14-6(4)7(12)13-2/h3H,1-2H3. The summed E-state index contributed by atoms with van der Waals surface area (Å²) in [5.41, 5.74) is -0.850. The second kappa shape index (κ2) is 3.61. The lowest BCUT2D eigenvalue weighted by atomic mass is 10.1. The van der Waals surface area contributed by atoms with Crippen molar-refractivity contribution in [3.8, 4) is 0 Å². The Kier molecular flexibility index (Phi) is 2.84. The molecule has 0 saturated heterocycles. The Bertz CT molecular complexity index is 354. The molecule has 0 radical (unpaired) electrons. The number of methoxy groups -OCH3 is 1. The molecular formula is C8H7F3O2S. The fourth-order valence-electron chi connectivity index (χ4n) is 0.990. The molecule has 1 rings (SSSR count). The van der Waals surface area contributed by atoms with Gasteiger partial charge in [0.1, 0.15) is 4.88 Å². The first-order valence-electron chi connectivity index (χ1n) is 3.61. The molecule has 0 atom stereocenters. The van der Waals surface area contributed by atoms with Gasteiger partial charge in [0.2, 0.25) is 0 Å². The molecule has 0 aliphatic heterocycles. The highest BCUT2D eigenvalue weighted by atomic mass is 32.1. The van der Waals surface area contributed by atoms with Gasteiger partial charge in [0, 0.05) is 5.38 Å². The Labute approximate surface area is 82.3 Å². The van der Waals surface area contributed by atoms with Crippen LogP contribution >= 0.6 is 11.3 Å². The number of alkyl halides is 3. The minimum absolute atomic E-state index is 0.000162. The molecule has 0 spiro atoms. The first kappa shape index (κ1) is 11.0. The number of carbonyl (C=O) groups excluding carboxylic acids is 1. The molecule has 2 nitrogen and oxygen atoms in total. The van der Waals surface area contributed by atoms with Gasteiger partial charge in [-0.25, -0.2) is 4.79 Å². The number of hydrogen-bond acceptors (Lipinski definition) is 3. The summed E-state index contributed by atoms with van der Waals surface area (Å²) < 4.78 is 41.2. The molecule has 6 heteroatoms. The molecule has 0 unspecified atom stereocenters. The largest absolute Gasteiger partial charge is 0.465 e. The van der Waals surface area contributed by atoms with Crippen molar-refractivity contribution in [2.45, 2.75) is 13.1 Å². The minimum Gasteiger partial charge on any atom is -0.465 e. The van der Waals surface area contributed by atoms with Crippen LogP contribution < -0.4 is 0 Å². The lowest BCUT2D eigenvalue weighted by Gasteiger charge is -2.05. The Balaban J connectivity index is 3.15. The fourth-order valence-corrected chi connectivity index (χ4v) is 2.00. The number of ether oxygens (including phenoxy) is 1. The topological polar surface area (TPSA) is 26.3 Å². The number of thiophene rings is 1. The normalized spacial score (nSPS) is 11.5. The van der Waals surface area contributed by atoms with Crippen LogP contribution in [0.5, 0.6) is 0 Å². The maximum atomic E-state index is 12.3. The molecule has 1 aromatic heterocycles. The molecule has 0 N–H and O–H groups in total. The third-order valence-corrected chi connectivity index (χ3v) is 2.78. The van der Waals surface area contributed by atoms with Crippen LogP contribution in [0.4, 0.5) is 13.2 Å². The first-order chi connectivity index (χ1) is 6.38. The minimum atomic E-state index is -4.41. The molecule has 14 heavy (non-hydrogen) atoms. The zero-order chi connectivity index (χ0) is 10.9. The summed E-state index contributed by atoms with van der Waals surface area (Å²) in [7, 11) is 1.13. The van der Waals surface area contributed by atoms with Crippen LogP contribution in [-0.4, -0.2) is 13.1 Å². The van der Waals surface area contributed by atoms with Crippen LogP contribution in [0.2, 0.25) is 0 Å². The summed E-state index contributed by atoms with van der Waals surface area (Å²) in [4.78, 5) is 11.0. The Morgan fingerprint density at radius 3 is 2.43 bits per heavy atom. The maximum absolute atomic E-state index is 12.3. The molecule has 0 fully saturated rings. The van der Waals surface area contributed by atoms with Crippen molar-refractivity contribution in [1.29, 1.82) is 0 Å². The zero-order valence-electron chi connectivity index (χ0n) is 7.44. The van der Waals surface area contributed by atoms with Crippen LogP contribution in [-0.2, 0) is 10.9 Å². The van der Waals surface area contributed by atoms with Crippen LogP contribution in [0.15, 0.2) is 5.38 Å². The average molecular weight is 224 g/mol. The van der Waals surface area contributed by atoms with E-state index in [9.17, 15) is 18.0 Å². The van der Waals surface area contributed by atoms with Gasteiger partial charge in [0.05, 0.1) is 12.7 Å². The van der Waals surface area contributed by atoms with E-state index in [1.54, 1.807) is 0 Å². The zero-order valence-corrected chi connectivity index (χ0v) is 8.25. The summed E-state index contributed by atoms with van der Waals surface area (Å²) >= 11 is 0.741. The number of halogens is 3. The lowest BCUT2D eigenvalue weighted by Crippen LogP contribution is -2.07. The second-order valence-corrected chi connectivity index (χ2v) is 3.47. The third-order valence-electron chi connectivity index (χ3n) is 1.72. The van der Waals surface area contributed by atoms with Crippen molar-refractivity contribution in [3.63, 3.8) is 0 Å². The highest BCUT2D eigenvalue weighted by molar-refractivity contribution is 7.12. The predicted octanol–water partition coefficient (Wildman–Crippen LogP) is 2.86. The number of rotatable bonds is 1. The molecule has 78 valence electrons. The van der Waals surface area contributed by atoms with Gasteiger partial charge in [-0.3, -0.25) is 0 Å². The van der Waals surface area contributed by atoms with E-state index in [0.717, 1.165) is 23.8 Å². The molecule has 1 aromatic rings. The average Bonchev–Trinajstić information content (AvgIpc) is 2.45. The number of hydrogen-bond donors (Lipinski definition) is 0. The van der Waals surface area contributed by atoms with Crippen LogP contribution in [0, 0.1) is 6.92 Å². The van der Waals surface area contributed by atoms with E-state index in [-0.39, 0.29) is 10.4 Å². The summed E-state index contributed by atoms with van der Waals surface area (Å²) in [6.07, 6.45) is -4.41. The van der Waals surface area contributed by atoms with Crippen molar-refractivity contribution in [1.82, 2.24) is 0 Å². The van der Waals surface area contributed by atoms with E-state index in [0.29, 0.717) is 0 Å². The van der Waals surface area contributed by atoms with Crippen molar-refractivity contribution in [3.05, 3.63) is 21.4 Å². The van der Waals surface area contributed by atoms with E-state index >= 15 is 0 Å². The van der Waals surface area contributed by atoms with Gasteiger partial charge in [-0.15, -0.1) is 11.3 Å². The Morgan fingerprint density at radius 1 is 1.50 bits per heavy atom. The summed E-state index contributed by atoms with van der Waals surface area (Å²) in [5, 5.41) is 0.918. The first-order valence-corrected chi connectivity index (χ1v) is 4.49. The third kappa shape index (κ3) is 1.89. The number of carbonyl (C=O) groups is 1. The molecule has 1 heterocycles. The smallest absolute Gasteiger partial charge is 0.417 e. The van der Waals surface area contributed by atoms with Crippen LogP contribution in [0.25, 0.3) is 0 Å². The fraction of sp³-hybridized carbons (Fsp3) is 0.375. The summed E-state index contributed by atoms with van der Waals surface area (Å²) in [5.74, 6) is -0.733. The maximum Gasteiger partial charge on any atom is 0.417 e. The van der Waals surface area contributed by atoms with Crippen molar-refractivity contribution in [2.24, 2.45) is 0 Å². The second-order valence-electron chi connectivity index (χ2n) is 2.59. The van der Waals surface area contributed by atoms with Crippen LogP contribution in [0.1, 0.15) is 20.8 Å². The van der Waals surface area contributed by atoms with Gasteiger partial charge in [0.25, 0.3) is 0 Å². The van der Waals surface area contributed by atoms with E-state index in [4.69, 9.17) is 0 Å². The van der Waals surface area contributed by atoms with Gasteiger partial charge in [-0.2, -0.15) is 13.2 Å². The summed E-state index contributed by atoms with van der Waals surface area (Å²) in [6, 6.07) is 0. The van der Waals surface area contributed by atoms with E-state index in [1.807, 2.05) is 0 Å². The highest BCUT2D eigenvalue weighted by Crippen LogP contribution is 2.36. The van der Waals surface area contributed by atoms with Crippen LogP contribution in [0.3, 0.4) is 0 Å². The molecule has 0 aliphatic rings. The van der Waals surface area contributed by atoms with Crippen molar-refractivity contribution >= 4 is 17.3 Å². The predicted molar refractivity (Wildman–Crippen MR) is 45.4 cm³/mol. The summed E-state index contributed by atoms with van der Waals surface area (Å²) in [6.45, 7) is 1.26. The quantitative estimate of drug-likeness (QED) is 0.685. The molecule has 0 amide bonds. The van der Waals surface area contributed by atoms with Gasteiger partial charge >= 0.3 is 12.1 Å². The van der Waals surface area contributed by atoms with Crippen molar-refractivity contribution in [2.75, 3.05) is 7.11 Å². The van der Waals surface area contributed by atoms with E-state index < -0.39 is 17.7 Å². The Morgan fingerprint density at radius 2 is 2.07 bits per heavy atom. The van der Waals surface area contributed by atoms with E-state index in [2.05, 4.69) is 4.74 Å². The SMILES string of the molecule is COC(=O)c1scc(C(F)(F)F)c1C. The van der Waals surface area contributed by atoms with Gasteiger partial charge < -0.3 is 4.74 Å². The molecule has 0 bridgehead atoms. The van der Waals surface area contributed by atoms with Gasteiger partial charge in [-0.05, 0) is 12.5 Å². The molecule has 0 saturated carbocycles. The van der Waals surface area contributed by atoms with Gasteiger partial charge in [0.15, 0.2) is 0 Å².